The third kappa shape index (κ3) is 4.73. The summed E-state index contributed by atoms with van der Waals surface area (Å²) in [6.45, 7) is 5.22. The number of hydrogen-bond donors (Lipinski definition) is 2. The van der Waals surface area contributed by atoms with Crippen molar-refractivity contribution in [1.29, 1.82) is 0 Å². The highest BCUT2D eigenvalue weighted by molar-refractivity contribution is 7.09. The molecular formula is C9H16N4OS. The van der Waals surface area contributed by atoms with Crippen LogP contribution in [0.2, 0.25) is 0 Å². The summed E-state index contributed by atoms with van der Waals surface area (Å²) in [5.74, 6) is 0.837. The van der Waals surface area contributed by atoms with Crippen molar-refractivity contribution in [3.63, 3.8) is 0 Å². The van der Waals surface area contributed by atoms with E-state index in [-0.39, 0.29) is 5.91 Å². The van der Waals surface area contributed by atoms with Crippen molar-refractivity contribution in [3.8, 4) is 0 Å². The molecule has 0 aromatic carbocycles. The largest absolute Gasteiger partial charge is 0.360 e. The third-order valence-corrected chi connectivity index (χ3v) is 2.49. The van der Waals surface area contributed by atoms with Crippen molar-refractivity contribution in [3.05, 3.63) is 5.82 Å². The van der Waals surface area contributed by atoms with Crippen molar-refractivity contribution in [2.24, 2.45) is 0 Å². The normalized spacial score (nSPS) is 10.0. The van der Waals surface area contributed by atoms with Gasteiger partial charge < -0.3 is 10.6 Å². The van der Waals surface area contributed by atoms with Crippen molar-refractivity contribution >= 4 is 22.6 Å². The molecule has 0 atom stereocenters. The lowest BCUT2D eigenvalue weighted by molar-refractivity contribution is -0.120. The second-order valence-corrected chi connectivity index (χ2v) is 3.93. The highest BCUT2D eigenvalue weighted by Crippen LogP contribution is 2.09. The van der Waals surface area contributed by atoms with Gasteiger partial charge in [-0.3, -0.25) is 4.79 Å². The first kappa shape index (κ1) is 11.9. The summed E-state index contributed by atoms with van der Waals surface area (Å²) < 4.78 is 4.03. The molecule has 0 saturated heterocycles. The summed E-state index contributed by atoms with van der Waals surface area (Å²) >= 11 is 1.32. The Morgan fingerprint density at radius 2 is 2.27 bits per heavy atom. The summed E-state index contributed by atoms with van der Waals surface area (Å²) in [5, 5.41) is 6.64. The molecule has 0 aliphatic carbocycles. The highest BCUT2D eigenvalue weighted by atomic mass is 32.1. The van der Waals surface area contributed by atoms with Gasteiger partial charge in [0, 0.05) is 31.0 Å². The molecule has 0 fully saturated rings. The lowest BCUT2D eigenvalue weighted by Gasteiger charge is -2.03. The van der Waals surface area contributed by atoms with Crippen LogP contribution in [0.1, 0.15) is 25.6 Å². The Morgan fingerprint density at radius 1 is 1.47 bits per heavy atom. The number of hydrogen-bond acceptors (Lipinski definition) is 5. The number of amides is 1. The molecule has 2 N–H and O–H groups in total. The predicted octanol–water partition coefficient (Wildman–Crippen LogP) is 1.17. The molecule has 15 heavy (non-hydrogen) atoms. The molecular weight excluding hydrogens is 212 g/mol. The van der Waals surface area contributed by atoms with E-state index in [0.717, 1.165) is 23.9 Å². The fourth-order valence-electron chi connectivity index (χ4n) is 1.00. The molecule has 1 amide bonds. The molecule has 0 spiro atoms. The Kier molecular flexibility index (Phi) is 5.03. The van der Waals surface area contributed by atoms with E-state index < -0.39 is 0 Å². The second kappa shape index (κ2) is 6.34. The first-order valence-corrected chi connectivity index (χ1v) is 5.80. The molecule has 0 saturated carbocycles. The van der Waals surface area contributed by atoms with Gasteiger partial charge in [0.1, 0.15) is 5.82 Å². The number of aromatic nitrogens is 2. The monoisotopic (exact) mass is 228 g/mol. The average Bonchev–Trinajstić information content (AvgIpc) is 2.61. The minimum atomic E-state index is 0.0746. The molecule has 5 nitrogen and oxygen atoms in total. The standard InChI is InChI=1S/C9H16N4OS/c1-3-5-10-8(14)4-6-11-9-12-7(2)13-15-9/h3-6H2,1-2H3,(H,10,14)(H,11,12,13). The Hall–Kier alpha value is -1.17. The van der Waals surface area contributed by atoms with Crippen LogP contribution in [0.15, 0.2) is 0 Å². The molecule has 1 heterocycles. The third-order valence-electron chi connectivity index (χ3n) is 1.73. The van der Waals surface area contributed by atoms with Crippen LogP contribution in [0.5, 0.6) is 0 Å². The molecule has 0 unspecified atom stereocenters. The molecule has 0 aliphatic heterocycles. The van der Waals surface area contributed by atoms with E-state index in [9.17, 15) is 4.79 Å². The Morgan fingerprint density at radius 3 is 2.87 bits per heavy atom. The van der Waals surface area contributed by atoms with Crippen LogP contribution in [0.25, 0.3) is 0 Å². The number of anilines is 1. The SMILES string of the molecule is CCCNC(=O)CCNc1nc(C)ns1. The first-order valence-electron chi connectivity index (χ1n) is 5.03. The molecule has 1 rings (SSSR count). The molecule has 0 aliphatic rings. The number of carbonyl (C=O) groups is 1. The van der Waals surface area contributed by atoms with E-state index in [2.05, 4.69) is 20.0 Å². The van der Waals surface area contributed by atoms with Crippen molar-refractivity contribution in [2.75, 3.05) is 18.4 Å². The number of aryl methyl sites for hydroxylation is 1. The van der Waals surface area contributed by atoms with Crippen LogP contribution < -0.4 is 10.6 Å². The Balaban J connectivity index is 2.13. The van der Waals surface area contributed by atoms with E-state index in [0.29, 0.717) is 13.0 Å². The average molecular weight is 228 g/mol. The fourth-order valence-corrected chi connectivity index (χ4v) is 1.60. The lowest BCUT2D eigenvalue weighted by atomic mass is 10.4. The van der Waals surface area contributed by atoms with Gasteiger partial charge in [0.2, 0.25) is 11.0 Å². The molecule has 1 aromatic rings. The molecule has 0 bridgehead atoms. The zero-order valence-corrected chi connectivity index (χ0v) is 9.86. The minimum absolute atomic E-state index is 0.0746. The molecule has 0 radical (unpaired) electrons. The topological polar surface area (TPSA) is 66.9 Å². The van der Waals surface area contributed by atoms with Gasteiger partial charge in [-0.1, -0.05) is 6.92 Å². The Labute approximate surface area is 93.5 Å². The van der Waals surface area contributed by atoms with E-state index in [4.69, 9.17) is 0 Å². The maximum absolute atomic E-state index is 11.2. The van der Waals surface area contributed by atoms with Gasteiger partial charge in [0.25, 0.3) is 0 Å². The van der Waals surface area contributed by atoms with Crippen LogP contribution in [-0.2, 0) is 4.79 Å². The van der Waals surface area contributed by atoms with Crippen molar-refractivity contribution in [1.82, 2.24) is 14.7 Å². The zero-order valence-electron chi connectivity index (χ0n) is 9.04. The Bertz CT molecular complexity index is 313. The summed E-state index contributed by atoms with van der Waals surface area (Å²) in [7, 11) is 0. The summed E-state index contributed by atoms with van der Waals surface area (Å²) in [6.07, 6.45) is 1.44. The van der Waals surface area contributed by atoms with E-state index in [1.807, 2.05) is 13.8 Å². The van der Waals surface area contributed by atoms with E-state index >= 15 is 0 Å². The fraction of sp³-hybridized carbons (Fsp3) is 0.667. The quantitative estimate of drug-likeness (QED) is 0.767. The summed E-state index contributed by atoms with van der Waals surface area (Å²) in [6, 6.07) is 0. The second-order valence-electron chi connectivity index (χ2n) is 3.17. The van der Waals surface area contributed by atoms with E-state index in [1.165, 1.54) is 11.5 Å². The number of rotatable bonds is 6. The number of carbonyl (C=O) groups excluding carboxylic acids is 1. The van der Waals surface area contributed by atoms with Gasteiger partial charge in [-0.2, -0.15) is 4.37 Å². The smallest absolute Gasteiger partial charge is 0.221 e. The van der Waals surface area contributed by atoms with Crippen LogP contribution in [0.4, 0.5) is 5.13 Å². The molecule has 84 valence electrons. The minimum Gasteiger partial charge on any atom is -0.360 e. The van der Waals surface area contributed by atoms with Crippen LogP contribution in [0, 0.1) is 6.92 Å². The summed E-state index contributed by atoms with van der Waals surface area (Å²) in [4.78, 5) is 15.3. The van der Waals surface area contributed by atoms with Gasteiger partial charge in [-0.25, -0.2) is 4.98 Å². The maximum atomic E-state index is 11.2. The first-order chi connectivity index (χ1) is 7.22. The highest BCUT2D eigenvalue weighted by Gasteiger charge is 2.01. The van der Waals surface area contributed by atoms with Crippen LogP contribution >= 0.6 is 11.5 Å². The van der Waals surface area contributed by atoms with Crippen LogP contribution in [0.3, 0.4) is 0 Å². The van der Waals surface area contributed by atoms with Gasteiger partial charge in [0.15, 0.2) is 0 Å². The van der Waals surface area contributed by atoms with E-state index in [1.54, 1.807) is 0 Å². The molecule has 1 aromatic heterocycles. The lowest BCUT2D eigenvalue weighted by Crippen LogP contribution is -2.25. The number of nitrogens with zero attached hydrogens (tertiary/aromatic N) is 2. The molecule has 6 heteroatoms. The predicted molar refractivity (Wildman–Crippen MR) is 61.1 cm³/mol. The number of nitrogens with one attached hydrogen (secondary N) is 2. The maximum Gasteiger partial charge on any atom is 0.221 e. The van der Waals surface area contributed by atoms with Crippen molar-refractivity contribution in [2.45, 2.75) is 26.7 Å². The van der Waals surface area contributed by atoms with Gasteiger partial charge in [-0.05, 0) is 13.3 Å². The van der Waals surface area contributed by atoms with Gasteiger partial charge in [-0.15, -0.1) is 0 Å². The van der Waals surface area contributed by atoms with Crippen LogP contribution in [-0.4, -0.2) is 28.4 Å². The van der Waals surface area contributed by atoms with Gasteiger partial charge >= 0.3 is 0 Å². The van der Waals surface area contributed by atoms with Crippen molar-refractivity contribution < 1.29 is 4.79 Å². The zero-order chi connectivity index (χ0) is 11.1. The van der Waals surface area contributed by atoms with Gasteiger partial charge in [0.05, 0.1) is 0 Å². The summed E-state index contributed by atoms with van der Waals surface area (Å²) in [5.41, 5.74) is 0.